The zero-order valence-corrected chi connectivity index (χ0v) is 12.3. The van der Waals surface area contributed by atoms with Gasteiger partial charge in [-0.2, -0.15) is 0 Å². The molecule has 1 N–H and O–H groups in total. The van der Waals surface area contributed by atoms with Crippen molar-refractivity contribution in [3.63, 3.8) is 0 Å². The van der Waals surface area contributed by atoms with Gasteiger partial charge in [0.25, 0.3) is 0 Å². The van der Waals surface area contributed by atoms with Crippen molar-refractivity contribution in [2.45, 2.75) is 12.6 Å². The Hall–Kier alpha value is -2.63. The molecule has 1 atom stereocenters. The molecule has 0 radical (unpaired) electrons. The highest BCUT2D eigenvalue weighted by atomic mass is 16.6. The Labute approximate surface area is 128 Å². The van der Waals surface area contributed by atoms with E-state index in [2.05, 4.69) is 5.32 Å². The molecule has 0 unspecified atom stereocenters. The van der Waals surface area contributed by atoms with Crippen LogP contribution in [0.15, 0.2) is 47.3 Å². The zero-order valence-electron chi connectivity index (χ0n) is 12.3. The van der Waals surface area contributed by atoms with E-state index >= 15 is 0 Å². The summed E-state index contributed by atoms with van der Waals surface area (Å²) in [6.45, 7) is 1.31. The Bertz CT molecular complexity index is 627. The van der Waals surface area contributed by atoms with E-state index < -0.39 is 0 Å². The molecule has 0 saturated heterocycles. The monoisotopic (exact) mass is 302 g/mol. The predicted octanol–water partition coefficient (Wildman–Crippen LogP) is 2.26. The van der Waals surface area contributed by atoms with Crippen LogP contribution in [0.5, 0.6) is 11.5 Å². The molecule has 3 rings (SSSR count). The highest BCUT2D eigenvalue weighted by molar-refractivity contribution is 5.73. The van der Waals surface area contributed by atoms with E-state index in [-0.39, 0.29) is 12.1 Å². The summed E-state index contributed by atoms with van der Waals surface area (Å²) in [4.78, 5) is 13.6. The zero-order chi connectivity index (χ0) is 15.4. The number of fused-ring (bicyclic) bond motifs is 1. The fourth-order valence-corrected chi connectivity index (χ4v) is 2.25. The van der Waals surface area contributed by atoms with Gasteiger partial charge in [-0.1, -0.05) is 12.1 Å². The molecule has 1 aliphatic rings. The second-order valence-corrected chi connectivity index (χ2v) is 5.17. The van der Waals surface area contributed by atoms with E-state index in [1.165, 1.54) is 0 Å². The highest BCUT2D eigenvalue weighted by Crippen LogP contribution is 2.30. The molecular formula is C16H18N2O4. The van der Waals surface area contributed by atoms with Crippen molar-refractivity contribution in [3.05, 3.63) is 48.4 Å². The maximum Gasteiger partial charge on any atom is 0.317 e. The lowest BCUT2D eigenvalue weighted by molar-refractivity contribution is 0.0715. The Morgan fingerprint density at radius 1 is 1.32 bits per heavy atom. The van der Waals surface area contributed by atoms with Gasteiger partial charge < -0.3 is 24.1 Å². The van der Waals surface area contributed by atoms with Crippen LogP contribution in [0, 0.1) is 0 Å². The first-order chi connectivity index (χ1) is 10.7. The van der Waals surface area contributed by atoms with Crippen LogP contribution in [0.25, 0.3) is 0 Å². The lowest BCUT2D eigenvalue weighted by atomic mass is 10.2. The van der Waals surface area contributed by atoms with Gasteiger partial charge in [-0.3, -0.25) is 0 Å². The lowest BCUT2D eigenvalue weighted by Crippen LogP contribution is -2.45. The van der Waals surface area contributed by atoms with Gasteiger partial charge in [-0.15, -0.1) is 0 Å². The quantitative estimate of drug-likeness (QED) is 0.941. The number of likely N-dealkylation sites (N-methyl/N-ethyl adjacent to an activating group) is 1. The summed E-state index contributed by atoms with van der Waals surface area (Å²) in [6.07, 6.45) is 3.00. The molecule has 0 fully saturated rings. The molecule has 6 nitrogen and oxygen atoms in total. The Kier molecular flexibility index (Phi) is 4.18. The van der Waals surface area contributed by atoms with Crippen LogP contribution in [-0.2, 0) is 6.54 Å². The summed E-state index contributed by atoms with van der Waals surface area (Å²) in [5.74, 6) is 1.46. The molecule has 22 heavy (non-hydrogen) atoms. The van der Waals surface area contributed by atoms with Crippen molar-refractivity contribution in [1.82, 2.24) is 10.2 Å². The molecule has 116 valence electrons. The van der Waals surface area contributed by atoms with Crippen LogP contribution in [0.2, 0.25) is 0 Å². The van der Waals surface area contributed by atoms with Crippen LogP contribution in [-0.4, -0.2) is 37.2 Å². The Balaban J connectivity index is 1.49. The van der Waals surface area contributed by atoms with Crippen molar-refractivity contribution in [1.29, 1.82) is 0 Å². The summed E-state index contributed by atoms with van der Waals surface area (Å²) in [5, 5.41) is 2.82. The number of para-hydroxylation sites is 2. The van der Waals surface area contributed by atoms with Crippen molar-refractivity contribution < 1.29 is 18.7 Å². The topological polar surface area (TPSA) is 63.9 Å². The maximum atomic E-state index is 12.0. The van der Waals surface area contributed by atoms with Crippen molar-refractivity contribution in [2.75, 3.05) is 20.2 Å². The van der Waals surface area contributed by atoms with Crippen molar-refractivity contribution >= 4 is 6.03 Å². The first kappa shape index (κ1) is 14.3. The molecule has 6 heteroatoms. The first-order valence-electron chi connectivity index (χ1n) is 7.11. The average Bonchev–Trinajstić information content (AvgIpc) is 3.06. The number of urea groups is 1. The second-order valence-electron chi connectivity index (χ2n) is 5.17. The van der Waals surface area contributed by atoms with Crippen molar-refractivity contribution in [3.8, 4) is 11.5 Å². The van der Waals surface area contributed by atoms with Crippen LogP contribution < -0.4 is 14.8 Å². The van der Waals surface area contributed by atoms with Crippen LogP contribution in [0.3, 0.4) is 0 Å². The fraction of sp³-hybridized carbons (Fsp3) is 0.312. The lowest BCUT2D eigenvalue weighted by Gasteiger charge is -2.29. The van der Waals surface area contributed by atoms with E-state index in [1.54, 1.807) is 24.5 Å². The molecule has 2 amide bonds. The minimum atomic E-state index is -0.181. The third-order valence-corrected chi connectivity index (χ3v) is 3.42. The maximum absolute atomic E-state index is 12.0. The molecule has 1 aromatic carbocycles. The molecule has 1 aromatic heterocycles. The van der Waals surface area contributed by atoms with E-state index in [1.807, 2.05) is 30.3 Å². The van der Waals surface area contributed by atoms with Crippen LogP contribution in [0.1, 0.15) is 5.56 Å². The predicted molar refractivity (Wildman–Crippen MR) is 79.9 cm³/mol. The molecule has 2 aromatic rings. The molecule has 2 heterocycles. The molecule has 0 aliphatic carbocycles. The number of hydrogen-bond donors (Lipinski definition) is 1. The standard InChI is InChI=1S/C16H18N2O4/c1-18(16(19)17-8-12-6-7-20-10-12)9-13-11-21-14-4-2-3-5-15(14)22-13/h2-7,10,13H,8-9,11H2,1H3,(H,17,19)/t13-/m1/s1. The Morgan fingerprint density at radius 2 is 2.14 bits per heavy atom. The van der Waals surface area contributed by atoms with Gasteiger partial charge in [-0.05, 0) is 18.2 Å². The number of amides is 2. The van der Waals surface area contributed by atoms with Gasteiger partial charge in [0.15, 0.2) is 17.6 Å². The van der Waals surface area contributed by atoms with Gasteiger partial charge >= 0.3 is 6.03 Å². The number of rotatable bonds is 4. The second kappa shape index (κ2) is 6.43. The summed E-state index contributed by atoms with van der Waals surface area (Å²) in [7, 11) is 1.73. The third-order valence-electron chi connectivity index (χ3n) is 3.42. The summed E-state index contributed by atoms with van der Waals surface area (Å²) >= 11 is 0. The van der Waals surface area contributed by atoms with Crippen LogP contribution in [0.4, 0.5) is 4.79 Å². The summed E-state index contributed by atoms with van der Waals surface area (Å²) in [6, 6.07) is 9.18. The number of ether oxygens (including phenoxy) is 2. The number of nitrogens with zero attached hydrogens (tertiary/aromatic N) is 1. The van der Waals surface area contributed by atoms with E-state index in [9.17, 15) is 4.79 Å². The van der Waals surface area contributed by atoms with E-state index in [4.69, 9.17) is 13.9 Å². The third kappa shape index (κ3) is 3.33. The SMILES string of the molecule is CN(C[C@@H]1COc2ccccc2O1)C(=O)NCc1ccoc1. The van der Waals surface area contributed by atoms with Gasteiger partial charge in [0, 0.05) is 19.2 Å². The molecular weight excluding hydrogens is 284 g/mol. The van der Waals surface area contributed by atoms with Gasteiger partial charge in [0.05, 0.1) is 19.1 Å². The number of carbonyl (C=O) groups excluding carboxylic acids is 1. The highest BCUT2D eigenvalue weighted by Gasteiger charge is 2.23. The molecule has 0 bridgehead atoms. The van der Waals surface area contributed by atoms with E-state index in [0.29, 0.717) is 25.4 Å². The van der Waals surface area contributed by atoms with E-state index in [0.717, 1.165) is 11.3 Å². The molecule has 0 saturated carbocycles. The smallest absolute Gasteiger partial charge is 0.317 e. The van der Waals surface area contributed by atoms with Gasteiger partial charge in [-0.25, -0.2) is 4.79 Å². The van der Waals surface area contributed by atoms with Gasteiger partial charge in [0.2, 0.25) is 0 Å². The van der Waals surface area contributed by atoms with Gasteiger partial charge in [0.1, 0.15) is 6.61 Å². The normalized spacial score (nSPS) is 16.1. The fourth-order valence-electron chi connectivity index (χ4n) is 2.25. The number of benzene rings is 1. The Morgan fingerprint density at radius 3 is 2.91 bits per heavy atom. The minimum absolute atomic E-state index is 0.163. The molecule has 1 aliphatic heterocycles. The minimum Gasteiger partial charge on any atom is -0.486 e. The first-order valence-corrected chi connectivity index (χ1v) is 7.11. The van der Waals surface area contributed by atoms with Crippen molar-refractivity contribution in [2.24, 2.45) is 0 Å². The molecule has 0 spiro atoms. The largest absolute Gasteiger partial charge is 0.486 e. The van der Waals surface area contributed by atoms with Crippen LogP contribution >= 0.6 is 0 Å². The number of furan rings is 1. The number of hydrogen-bond acceptors (Lipinski definition) is 4. The number of nitrogens with one attached hydrogen (secondary N) is 1. The average molecular weight is 302 g/mol. The summed E-state index contributed by atoms with van der Waals surface area (Å²) in [5.41, 5.74) is 0.924. The number of carbonyl (C=O) groups is 1. The summed E-state index contributed by atoms with van der Waals surface area (Å²) < 4.78 is 16.4.